The number of pyridine rings is 1. The summed E-state index contributed by atoms with van der Waals surface area (Å²) in [7, 11) is 0. The number of aromatic nitrogens is 1. The lowest BCUT2D eigenvalue weighted by molar-refractivity contribution is 0.0698. The van der Waals surface area contributed by atoms with Gasteiger partial charge in [0.05, 0.1) is 11.6 Å². The molecule has 4 rings (SSSR count). The summed E-state index contributed by atoms with van der Waals surface area (Å²) in [5, 5.41) is 25.6. The SMILES string of the molecule is Cc1ccc2ccc([C@@H](Nc3ccccc3C(=O)O)c3ccc(Cl)cc3Cl)c(O)c2n1. The summed E-state index contributed by atoms with van der Waals surface area (Å²) in [6, 6.07) is 18.4. The summed E-state index contributed by atoms with van der Waals surface area (Å²) in [4.78, 5) is 16.2. The summed E-state index contributed by atoms with van der Waals surface area (Å²) in [6.45, 7) is 1.85. The Balaban J connectivity index is 1.93. The molecule has 0 amide bonds. The molecule has 1 atom stereocenters. The molecule has 4 aromatic rings. The maximum Gasteiger partial charge on any atom is 0.337 e. The van der Waals surface area contributed by atoms with Crippen LogP contribution in [0.3, 0.4) is 0 Å². The van der Waals surface area contributed by atoms with Crippen molar-refractivity contribution in [2.75, 3.05) is 5.32 Å². The van der Waals surface area contributed by atoms with E-state index in [1.165, 1.54) is 6.07 Å². The number of carbonyl (C=O) groups is 1. The van der Waals surface area contributed by atoms with Gasteiger partial charge in [-0.25, -0.2) is 9.78 Å². The van der Waals surface area contributed by atoms with Crippen LogP contribution in [0.4, 0.5) is 5.69 Å². The summed E-state index contributed by atoms with van der Waals surface area (Å²) in [5.74, 6) is -1.07. The molecule has 0 aliphatic heterocycles. The van der Waals surface area contributed by atoms with Gasteiger partial charge in [-0.3, -0.25) is 0 Å². The number of phenols is 1. The van der Waals surface area contributed by atoms with Crippen LogP contribution in [0.25, 0.3) is 10.9 Å². The molecule has 0 aliphatic carbocycles. The summed E-state index contributed by atoms with van der Waals surface area (Å²) >= 11 is 12.6. The highest BCUT2D eigenvalue weighted by molar-refractivity contribution is 6.35. The third-order valence-corrected chi connectivity index (χ3v) is 5.61. The fourth-order valence-electron chi connectivity index (χ4n) is 3.53. The van der Waals surface area contributed by atoms with Crippen LogP contribution < -0.4 is 5.32 Å². The van der Waals surface area contributed by atoms with Gasteiger partial charge in [-0.1, -0.05) is 59.6 Å². The number of benzene rings is 3. The van der Waals surface area contributed by atoms with Crippen LogP contribution in [0.1, 0.15) is 33.2 Å². The molecule has 0 saturated heterocycles. The molecule has 0 bridgehead atoms. The minimum Gasteiger partial charge on any atom is -0.505 e. The van der Waals surface area contributed by atoms with Crippen LogP contribution in [-0.4, -0.2) is 21.2 Å². The van der Waals surface area contributed by atoms with Crippen molar-refractivity contribution in [2.45, 2.75) is 13.0 Å². The van der Waals surface area contributed by atoms with Crippen molar-refractivity contribution in [3.05, 3.63) is 99.2 Å². The number of para-hydroxylation sites is 1. The highest BCUT2D eigenvalue weighted by atomic mass is 35.5. The predicted molar refractivity (Wildman–Crippen MR) is 123 cm³/mol. The average Bonchev–Trinajstić information content (AvgIpc) is 2.74. The quantitative estimate of drug-likeness (QED) is 0.323. The number of nitrogens with zero attached hydrogens (tertiary/aromatic N) is 1. The van der Waals surface area contributed by atoms with Crippen molar-refractivity contribution < 1.29 is 15.0 Å². The number of aromatic carboxylic acids is 1. The zero-order valence-electron chi connectivity index (χ0n) is 16.4. The smallest absolute Gasteiger partial charge is 0.337 e. The van der Waals surface area contributed by atoms with Gasteiger partial charge in [0.15, 0.2) is 0 Å². The number of hydrogen-bond acceptors (Lipinski definition) is 4. The second-order valence-corrected chi connectivity index (χ2v) is 7.97. The number of carboxylic acid groups (broad SMARTS) is 1. The minimum atomic E-state index is -1.07. The van der Waals surface area contributed by atoms with Crippen molar-refractivity contribution in [1.29, 1.82) is 0 Å². The van der Waals surface area contributed by atoms with Crippen LogP contribution in [0.15, 0.2) is 66.7 Å². The van der Waals surface area contributed by atoms with Crippen molar-refractivity contribution in [1.82, 2.24) is 4.98 Å². The van der Waals surface area contributed by atoms with E-state index >= 15 is 0 Å². The molecule has 3 aromatic carbocycles. The lowest BCUT2D eigenvalue weighted by Gasteiger charge is -2.24. The second kappa shape index (κ2) is 8.46. The Labute approximate surface area is 188 Å². The molecular weight excluding hydrogens is 435 g/mol. The normalized spacial score (nSPS) is 12.0. The average molecular weight is 453 g/mol. The molecule has 0 spiro atoms. The predicted octanol–water partition coefficient (Wildman–Crippen LogP) is 6.46. The van der Waals surface area contributed by atoms with E-state index < -0.39 is 12.0 Å². The molecule has 31 heavy (non-hydrogen) atoms. The molecule has 3 N–H and O–H groups in total. The second-order valence-electron chi connectivity index (χ2n) is 7.12. The van der Waals surface area contributed by atoms with E-state index in [0.717, 1.165) is 11.1 Å². The number of anilines is 1. The standard InChI is InChI=1S/C24H18Cl2N2O3/c1-13-6-7-14-8-10-18(23(29)21(14)27-13)22(16-11-9-15(25)12-19(16)26)28-20-5-3-2-4-17(20)24(30)31/h2-12,22,28-29H,1H3,(H,30,31)/t22-/m0/s1. The number of phenolic OH excluding ortho intramolecular Hbond substituents is 1. The Hall–Kier alpha value is -3.28. The van der Waals surface area contributed by atoms with Crippen LogP contribution in [0.5, 0.6) is 5.75 Å². The Bertz CT molecular complexity index is 1310. The number of halogens is 2. The molecule has 0 aliphatic rings. The Kier molecular flexibility index (Phi) is 5.72. The number of aromatic hydroxyl groups is 1. The number of hydrogen-bond donors (Lipinski definition) is 3. The molecule has 1 aromatic heterocycles. The van der Waals surface area contributed by atoms with E-state index in [9.17, 15) is 15.0 Å². The van der Waals surface area contributed by atoms with Gasteiger partial charge in [-0.05, 0) is 42.8 Å². The van der Waals surface area contributed by atoms with Gasteiger partial charge in [-0.2, -0.15) is 0 Å². The maximum absolute atomic E-state index is 11.7. The first-order valence-electron chi connectivity index (χ1n) is 9.48. The molecule has 1 heterocycles. The molecular formula is C24H18Cl2N2O3. The van der Waals surface area contributed by atoms with Gasteiger partial charge >= 0.3 is 5.97 Å². The first-order chi connectivity index (χ1) is 14.8. The molecule has 5 nitrogen and oxygen atoms in total. The van der Waals surface area contributed by atoms with E-state index in [1.54, 1.807) is 42.5 Å². The van der Waals surface area contributed by atoms with E-state index in [0.29, 0.717) is 32.4 Å². The lowest BCUT2D eigenvalue weighted by atomic mass is 9.95. The van der Waals surface area contributed by atoms with Crippen molar-refractivity contribution >= 4 is 45.8 Å². The fourth-order valence-corrected chi connectivity index (χ4v) is 4.05. The highest BCUT2D eigenvalue weighted by Gasteiger charge is 2.24. The molecule has 0 saturated carbocycles. The summed E-state index contributed by atoms with van der Waals surface area (Å²) in [6.07, 6.45) is 0. The summed E-state index contributed by atoms with van der Waals surface area (Å²) < 4.78 is 0. The maximum atomic E-state index is 11.7. The Morgan fingerprint density at radius 3 is 2.45 bits per heavy atom. The Morgan fingerprint density at radius 2 is 1.71 bits per heavy atom. The van der Waals surface area contributed by atoms with Crippen molar-refractivity contribution in [3.63, 3.8) is 0 Å². The number of rotatable bonds is 5. The van der Waals surface area contributed by atoms with Crippen LogP contribution in [0, 0.1) is 6.92 Å². The number of carboxylic acids is 1. The van der Waals surface area contributed by atoms with Gasteiger partial charge < -0.3 is 15.5 Å². The van der Waals surface area contributed by atoms with Crippen LogP contribution in [-0.2, 0) is 0 Å². The fraction of sp³-hybridized carbons (Fsp3) is 0.0833. The van der Waals surface area contributed by atoms with Gasteiger partial charge in [0.1, 0.15) is 11.3 Å². The van der Waals surface area contributed by atoms with Gasteiger partial charge in [-0.15, -0.1) is 0 Å². The molecule has 0 unspecified atom stereocenters. The third-order valence-electron chi connectivity index (χ3n) is 5.05. The topological polar surface area (TPSA) is 82.5 Å². The number of aryl methyl sites for hydroxylation is 1. The number of fused-ring (bicyclic) bond motifs is 1. The van der Waals surface area contributed by atoms with Gasteiger partial charge in [0, 0.05) is 32.4 Å². The molecule has 156 valence electrons. The van der Waals surface area contributed by atoms with Crippen LogP contribution in [0.2, 0.25) is 10.0 Å². The molecule has 7 heteroatoms. The largest absolute Gasteiger partial charge is 0.505 e. The van der Waals surface area contributed by atoms with E-state index in [2.05, 4.69) is 10.3 Å². The first kappa shape index (κ1) is 21.0. The van der Waals surface area contributed by atoms with Gasteiger partial charge in [0.2, 0.25) is 0 Å². The molecule has 0 fully saturated rings. The number of nitrogens with one attached hydrogen (secondary N) is 1. The summed E-state index contributed by atoms with van der Waals surface area (Å²) in [5.41, 5.74) is 2.87. The van der Waals surface area contributed by atoms with E-state index in [1.807, 2.05) is 25.1 Å². The Morgan fingerprint density at radius 1 is 1.00 bits per heavy atom. The van der Waals surface area contributed by atoms with Crippen molar-refractivity contribution in [3.8, 4) is 5.75 Å². The first-order valence-corrected chi connectivity index (χ1v) is 10.2. The van der Waals surface area contributed by atoms with E-state index in [-0.39, 0.29) is 11.3 Å². The zero-order chi connectivity index (χ0) is 22.1. The van der Waals surface area contributed by atoms with Gasteiger partial charge in [0.25, 0.3) is 0 Å². The minimum absolute atomic E-state index is 0.00229. The highest BCUT2D eigenvalue weighted by Crippen LogP contribution is 2.40. The third kappa shape index (κ3) is 4.15. The van der Waals surface area contributed by atoms with E-state index in [4.69, 9.17) is 23.2 Å². The molecule has 0 radical (unpaired) electrons. The van der Waals surface area contributed by atoms with Crippen LogP contribution >= 0.6 is 23.2 Å². The zero-order valence-corrected chi connectivity index (χ0v) is 17.9. The van der Waals surface area contributed by atoms with Crippen molar-refractivity contribution in [2.24, 2.45) is 0 Å². The lowest BCUT2D eigenvalue weighted by Crippen LogP contribution is -2.16. The monoisotopic (exact) mass is 452 g/mol.